The van der Waals surface area contributed by atoms with Gasteiger partial charge in [0.25, 0.3) is 5.89 Å². The molecule has 0 spiro atoms. The third-order valence-corrected chi connectivity index (χ3v) is 4.26. The normalized spacial score (nSPS) is 10.8. The van der Waals surface area contributed by atoms with Crippen molar-refractivity contribution in [3.8, 4) is 11.5 Å². The molecule has 26 heavy (non-hydrogen) atoms. The fourth-order valence-corrected chi connectivity index (χ4v) is 2.79. The van der Waals surface area contributed by atoms with Crippen LogP contribution in [0.15, 0.2) is 59.3 Å². The number of Topliss-reactive ketones (excluding diaryl/α,β-unsaturated/α-hetero) is 1. The number of carbonyl (C=O) groups excluding carboxylic acids is 1. The third kappa shape index (κ3) is 5.02. The van der Waals surface area contributed by atoms with Gasteiger partial charge in [-0.3, -0.25) is 9.78 Å². The summed E-state index contributed by atoms with van der Waals surface area (Å²) < 4.78 is 5.54. The van der Waals surface area contributed by atoms with Gasteiger partial charge in [0.15, 0.2) is 5.76 Å². The van der Waals surface area contributed by atoms with Crippen LogP contribution in [0.4, 0.5) is 5.69 Å². The zero-order valence-corrected chi connectivity index (χ0v) is 14.7. The Morgan fingerprint density at radius 2 is 1.77 bits per heavy atom. The average molecular weight is 349 g/mol. The van der Waals surface area contributed by atoms with Crippen molar-refractivity contribution in [3.63, 3.8) is 0 Å². The van der Waals surface area contributed by atoms with Crippen molar-refractivity contribution in [2.24, 2.45) is 0 Å². The number of anilines is 1. The Kier molecular flexibility index (Phi) is 6.14. The molecule has 0 saturated carbocycles. The third-order valence-electron chi connectivity index (χ3n) is 4.26. The van der Waals surface area contributed by atoms with E-state index in [1.54, 1.807) is 12.4 Å². The van der Waals surface area contributed by atoms with Gasteiger partial charge in [-0.2, -0.15) is 0 Å². The summed E-state index contributed by atoms with van der Waals surface area (Å²) in [5.74, 6) is 0.649. The van der Waals surface area contributed by atoms with Gasteiger partial charge in [0.05, 0.1) is 6.20 Å². The first-order valence-corrected chi connectivity index (χ1v) is 8.97. The second-order valence-electron chi connectivity index (χ2n) is 6.32. The number of carbonyl (C=O) groups is 1. The summed E-state index contributed by atoms with van der Waals surface area (Å²) in [7, 11) is 0. The number of pyridine rings is 1. The van der Waals surface area contributed by atoms with Crippen LogP contribution in [0, 0.1) is 0 Å². The maximum absolute atomic E-state index is 12.2. The number of ketones is 1. The molecule has 0 aliphatic rings. The molecule has 3 aromatic rings. The molecule has 0 aliphatic carbocycles. The van der Waals surface area contributed by atoms with E-state index in [4.69, 9.17) is 10.2 Å². The number of aromatic nitrogens is 2. The van der Waals surface area contributed by atoms with Crippen molar-refractivity contribution in [2.75, 3.05) is 5.73 Å². The quantitative estimate of drug-likeness (QED) is 0.344. The van der Waals surface area contributed by atoms with Crippen LogP contribution in [0.5, 0.6) is 0 Å². The zero-order chi connectivity index (χ0) is 18.2. The first-order valence-electron chi connectivity index (χ1n) is 8.97. The minimum Gasteiger partial charge on any atom is -0.432 e. The van der Waals surface area contributed by atoms with Crippen LogP contribution >= 0.6 is 0 Å². The summed E-state index contributed by atoms with van der Waals surface area (Å²) in [6.07, 6.45) is 8.83. The Morgan fingerprint density at radius 3 is 2.54 bits per heavy atom. The van der Waals surface area contributed by atoms with Gasteiger partial charge in [-0.25, -0.2) is 4.98 Å². The highest BCUT2D eigenvalue weighted by Gasteiger charge is 2.14. The van der Waals surface area contributed by atoms with Gasteiger partial charge in [-0.1, -0.05) is 31.0 Å². The largest absolute Gasteiger partial charge is 0.432 e. The molecule has 3 rings (SSSR count). The number of nitrogen functional groups attached to an aromatic ring is 1. The summed E-state index contributed by atoms with van der Waals surface area (Å²) in [4.78, 5) is 20.5. The van der Waals surface area contributed by atoms with Crippen molar-refractivity contribution in [1.82, 2.24) is 9.97 Å². The van der Waals surface area contributed by atoms with E-state index in [1.807, 2.05) is 30.3 Å². The molecular weight excluding hydrogens is 326 g/mol. The molecule has 5 nitrogen and oxygen atoms in total. The minimum atomic E-state index is -0.0503. The topological polar surface area (TPSA) is 82.0 Å². The number of oxazole rings is 1. The standard InChI is InChI=1S/C21H23N3O2/c22-17-12-10-16(11-13-17)7-3-1-2-4-9-19(25)21-24-15-20(26-21)18-8-5-6-14-23-18/h5-6,8,10-15H,1-4,7,9,22H2. The fraction of sp³-hybridized carbons (Fsp3) is 0.286. The van der Waals surface area contributed by atoms with Gasteiger partial charge in [0, 0.05) is 18.3 Å². The summed E-state index contributed by atoms with van der Waals surface area (Å²) in [6.45, 7) is 0. The molecule has 0 saturated heterocycles. The van der Waals surface area contributed by atoms with Crippen molar-refractivity contribution in [3.05, 3.63) is 66.3 Å². The van der Waals surface area contributed by atoms with E-state index in [-0.39, 0.29) is 11.7 Å². The van der Waals surface area contributed by atoms with E-state index in [1.165, 1.54) is 5.56 Å². The summed E-state index contributed by atoms with van der Waals surface area (Å²) in [5.41, 5.74) is 8.47. The summed E-state index contributed by atoms with van der Waals surface area (Å²) >= 11 is 0. The molecule has 2 heterocycles. The lowest BCUT2D eigenvalue weighted by Gasteiger charge is -2.02. The predicted octanol–water partition coefficient (Wildman–Crippen LogP) is 4.69. The smallest absolute Gasteiger partial charge is 0.263 e. The van der Waals surface area contributed by atoms with E-state index in [9.17, 15) is 4.79 Å². The van der Waals surface area contributed by atoms with Crippen LogP contribution < -0.4 is 5.73 Å². The van der Waals surface area contributed by atoms with Crippen molar-refractivity contribution in [2.45, 2.75) is 38.5 Å². The van der Waals surface area contributed by atoms with Crippen molar-refractivity contribution >= 4 is 11.5 Å². The van der Waals surface area contributed by atoms with Gasteiger partial charge in [0.1, 0.15) is 5.69 Å². The maximum atomic E-state index is 12.2. The molecule has 0 bridgehead atoms. The molecular formula is C21H23N3O2. The van der Waals surface area contributed by atoms with Crippen LogP contribution in [0.3, 0.4) is 0 Å². The Labute approximate surface area is 153 Å². The molecule has 0 atom stereocenters. The number of benzene rings is 1. The molecule has 0 aliphatic heterocycles. The van der Waals surface area contributed by atoms with E-state index in [0.29, 0.717) is 17.9 Å². The summed E-state index contributed by atoms with van der Waals surface area (Å²) in [6, 6.07) is 13.5. The minimum absolute atomic E-state index is 0.0503. The first-order chi connectivity index (χ1) is 12.7. The Morgan fingerprint density at radius 1 is 0.962 bits per heavy atom. The Bertz CT molecular complexity index is 826. The first kappa shape index (κ1) is 17.9. The Hall–Kier alpha value is -2.95. The number of aryl methyl sites for hydroxylation is 1. The van der Waals surface area contributed by atoms with E-state index >= 15 is 0 Å². The fourth-order valence-electron chi connectivity index (χ4n) is 2.79. The number of hydrogen-bond acceptors (Lipinski definition) is 5. The second kappa shape index (κ2) is 8.94. The van der Waals surface area contributed by atoms with E-state index in [2.05, 4.69) is 22.1 Å². The van der Waals surface area contributed by atoms with Crippen molar-refractivity contribution in [1.29, 1.82) is 0 Å². The lowest BCUT2D eigenvalue weighted by atomic mass is 10.0. The van der Waals surface area contributed by atoms with Gasteiger partial charge in [-0.15, -0.1) is 0 Å². The number of rotatable bonds is 9. The molecule has 0 radical (unpaired) electrons. The second-order valence-corrected chi connectivity index (χ2v) is 6.32. The molecule has 1 aromatic carbocycles. The van der Waals surface area contributed by atoms with Crippen LogP contribution in [0.1, 0.15) is 48.4 Å². The number of nitrogens with zero attached hydrogens (tertiary/aromatic N) is 2. The van der Waals surface area contributed by atoms with Gasteiger partial charge < -0.3 is 10.2 Å². The maximum Gasteiger partial charge on any atom is 0.263 e. The average Bonchev–Trinajstić information content (AvgIpc) is 3.17. The van der Waals surface area contributed by atoms with Crippen LogP contribution in [-0.4, -0.2) is 15.8 Å². The molecule has 2 aromatic heterocycles. The zero-order valence-electron chi connectivity index (χ0n) is 14.7. The monoisotopic (exact) mass is 349 g/mol. The van der Waals surface area contributed by atoms with Crippen LogP contribution in [-0.2, 0) is 6.42 Å². The van der Waals surface area contributed by atoms with Gasteiger partial charge in [0.2, 0.25) is 5.78 Å². The molecule has 0 unspecified atom stereocenters. The molecule has 0 fully saturated rings. The molecule has 134 valence electrons. The molecule has 5 heteroatoms. The van der Waals surface area contributed by atoms with Crippen LogP contribution in [0.2, 0.25) is 0 Å². The Balaban J connectivity index is 1.37. The van der Waals surface area contributed by atoms with Gasteiger partial charge >= 0.3 is 0 Å². The van der Waals surface area contributed by atoms with E-state index < -0.39 is 0 Å². The number of unbranched alkanes of at least 4 members (excludes halogenated alkanes) is 3. The van der Waals surface area contributed by atoms with E-state index in [0.717, 1.165) is 37.8 Å². The number of nitrogens with two attached hydrogens (primary N) is 1. The SMILES string of the molecule is Nc1ccc(CCCCCCC(=O)c2ncc(-c3ccccn3)o2)cc1. The van der Waals surface area contributed by atoms with Crippen LogP contribution in [0.25, 0.3) is 11.5 Å². The lowest BCUT2D eigenvalue weighted by Crippen LogP contribution is -1.99. The van der Waals surface area contributed by atoms with Gasteiger partial charge in [-0.05, 0) is 49.1 Å². The van der Waals surface area contributed by atoms with Crippen molar-refractivity contribution < 1.29 is 9.21 Å². The predicted molar refractivity (Wildman–Crippen MR) is 102 cm³/mol. The highest BCUT2D eigenvalue weighted by Crippen LogP contribution is 2.19. The highest BCUT2D eigenvalue weighted by atomic mass is 16.4. The molecule has 0 amide bonds. The lowest BCUT2D eigenvalue weighted by molar-refractivity contribution is 0.0946. The number of hydrogen-bond donors (Lipinski definition) is 1. The highest BCUT2D eigenvalue weighted by molar-refractivity contribution is 5.91. The molecule has 2 N–H and O–H groups in total. The summed E-state index contributed by atoms with van der Waals surface area (Å²) in [5, 5.41) is 0.